The molecule has 36 heavy (non-hydrogen) atoms. The molecule has 0 fully saturated rings. The van der Waals surface area contributed by atoms with Crippen LogP contribution in [0.4, 0.5) is 11.4 Å². The van der Waals surface area contributed by atoms with E-state index in [-0.39, 0.29) is 5.97 Å². The number of anilines is 2. The highest BCUT2D eigenvalue weighted by molar-refractivity contribution is 5.97. The van der Waals surface area contributed by atoms with Crippen LogP contribution in [0.2, 0.25) is 0 Å². The van der Waals surface area contributed by atoms with Crippen molar-refractivity contribution < 1.29 is 14.3 Å². The Labute approximate surface area is 211 Å². The monoisotopic (exact) mass is 476 g/mol. The van der Waals surface area contributed by atoms with Gasteiger partial charge >= 0.3 is 5.97 Å². The Morgan fingerprint density at radius 3 is 2.22 bits per heavy atom. The number of esters is 1. The summed E-state index contributed by atoms with van der Waals surface area (Å²) >= 11 is 0. The minimum absolute atomic E-state index is 0.322. The Bertz CT molecular complexity index is 1500. The first-order valence-electron chi connectivity index (χ1n) is 12.3. The average Bonchev–Trinajstić information content (AvgIpc) is 3.18. The van der Waals surface area contributed by atoms with Crippen molar-refractivity contribution in [3.63, 3.8) is 0 Å². The van der Waals surface area contributed by atoms with Crippen LogP contribution in [0.1, 0.15) is 50.7 Å². The predicted molar refractivity (Wildman–Crippen MR) is 142 cm³/mol. The SMILES string of the molecule is CCNc1cc2c(cc1C)C1(OC(=O)c3ccccc31)c1cc(NCc3ccccc3)c(C)cc1O2. The number of fused-ring (bicyclic) bond motifs is 6. The molecule has 2 aliphatic rings. The van der Waals surface area contributed by atoms with Crippen LogP contribution in [0, 0.1) is 13.8 Å². The molecule has 0 saturated heterocycles. The van der Waals surface area contributed by atoms with Crippen molar-refractivity contribution in [3.05, 3.63) is 118 Å². The molecule has 0 amide bonds. The number of carbonyl (C=O) groups excluding carboxylic acids is 1. The highest BCUT2D eigenvalue weighted by Gasteiger charge is 2.53. The third kappa shape index (κ3) is 3.34. The van der Waals surface area contributed by atoms with Gasteiger partial charge in [-0.25, -0.2) is 4.79 Å². The molecule has 2 N–H and O–H groups in total. The first-order chi connectivity index (χ1) is 17.5. The molecular formula is C31H28N2O3. The summed E-state index contributed by atoms with van der Waals surface area (Å²) in [5.74, 6) is 1.07. The molecule has 5 nitrogen and oxygen atoms in total. The van der Waals surface area contributed by atoms with Crippen molar-refractivity contribution in [2.24, 2.45) is 0 Å². The van der Waals surface area contributed by atoms with Crippen LogP contribution in [0.5, 0.6) is 11.5 Å². The summed E-state index contributed by atoms with van der Waals surface area (Å²) < 4.78 is 12.9. The largest absolute Gasteiger partial charge is 0.456 e. The van der Waals surface area contributed by atoms with Gasteiger partial charge in [0.2, 0.25) is 0 Å². The number of nitrogens with one attached hydrogen (secondary N) is 2. The highest BCUT2D eigenvalue weighted by atomic mass is 16.6. The number of ether oxygens (including phenoxy) is 2. The van der Waals surface area contributed by atoms with Crippen molar-refractivity contribution in [2.75, 3.05) is 17.2 Å². The fourth-order valence-electron chi connectivity index (χ4n) is 5.33. The molecule has 6 rings (SSSR count). The molecule has 1 spiro atoms. The molecule has 4 aromatic rings. The fourth-order valence-corrected chi connectivity index (χ4v) is 5.33. The van der Waals surface area contributed by atoms with Crippen LogP contribution in [0.15, 0.2) is 78.9 Å². The van der Waals surface area contributed by atoms with Gasteiger partial charge in [0.15, 0.2) is 5.60 Å². The Balaban J connectivity index is 1.55. The van der Waals surface area contributed by atoms with Gasteiger partial charge in [0.1, 0.15) is 11.5 Å². The van der Waals surface area contributed by atoms with Crippen molar-refractivity contribution >= 4 is 17.3 Å². The Morgan fingerprint density at radius 2 is 1.42 bits per heavy atom. The van der Waals surface area contributed by atoms with E-state index in [1.165, 1.54) is 5.56 Å². The summed E-state index contributed by atoms with van der Waals surface area (Å²) in [6.45, 7) is 7.68. The highest BCUT2D eigenvalue weighted by Crippen LogP contribution is 2.57. The maximum Gasteiger partial charge on any atom is 0.340 e. The molecule has 0 aromatic heterocycles. The Kier molecular flexibility index (Phi) is 5.22. The number of hydrogen-bond donors (Lipinski definition) is 2. The van der Waals surface area contributed by atoms with Crippen molar-refractivity contribution in [1.29, 1.82) is 0 Å². The van der Waals surface area contributed by atoms with E-state index < -0.39 is 5.60 Å². The Morgan fingerprint density at radius 1 is 0.750 bits per heavy atom. The average molecular weight is 477 g/mol. The summed E-state index contributed by atoms with van der Waals surface area (Å²) in [6, 6.07) is 26.2. The van der Waals surface area contributed by atoms with E-state index in [0.29, 0.717) is 23.6 Å². The maximum absolute atomic E-state index is 13.2. The number of rotatable bonds is 5. The molecule has 4 aromatic carbocycles. The van der Waals surface area contributed by atoms with Crippen LogP contribution in [-0.2, 0) is 16.9 Å². The van der Waals surface area contributed by atoms with Crippen LogP contribution in [0.25, 0.3) is 0 Å². The molecule has 0 bridgehead atoms. The first-order valence-corrected chi connectivity index (χ1v) is 12.3. The van der Waals surface area contributed by atoms with Gasteiger partial charge in [-0.3, -0.25) is 0 Å². The number of hydrogen-bond acceptors (Lipinski definition) is 5. The van der Waals surface area contributed by atoms with Crippen LogP contribution < -0.4 is 15.4 Å². The van der Waals surface area contributed by atoms with Crippen LogP contribution in [0.3, 0.4) is 0 Å². The number of carbonyl (C=O) groups is 1. The van der Waals surface area contributed by atoms with Crippen molar-refractivity contribution in [3.8, 4) is 11.5 Å². The smallest absolute Gasteiger partial charge is 0.340 e. The van der Waals surface area contributed by atoms with Gasteiger partial charge in [-0.05, 0) is 61.7 Å². The molecule has 1 unspecified atom stereocenters. The molecule has 180 valence electrons. The lowest BCUT2D eigenvalue weighted by atomic mass is 9.76. The second-order valence-electron chi connectivity index (χ2n) is 9.41. The lowest BCUT2D eigenvalue weighted by molar-refractivity contribution is 0.0224. The second-order valence-corrected chi connectivity index (χ2v) is 9.41. The summed E-state index contributed by atoms with van der Waals surface area (Å²) in [6.07, 6.45) is 0. The first kappa shape index (κ1) is 22.2. The van der Waals surface area contributed by atoms with Gasteiger partial charge in [0.25, 0.3) is 0 Å². The van der Waals surface area contributed by atoms with E-state index in [2.05, 4.69) is 55.7 Å². The van der Waals surface area contributed by atoms with Crippen molar-refractivity contribution in [2.45, 2.75) is 32.9 Å². The maximum atomic E-state index is 13.2. The zero-order chi connectivity index (χ0) is 24.9. The molecule has 0 radical (unpaired) electrons. The Hall–Kier alpha value is -4.25. The minimum Gasteiger partial charge on any atom is -0.456 e. The van der Waals surface area contributed by atoms with E-state index in [9.17, 15) is 4.79 Å². The van der Waals surface area contributed by atoms with Crippen LogP contribution >= 0.6 is 0 Å². The van der Waals surface area contributed by atoms with E-state index in [0.717, 1.165) is 45.7 Å². The van der Waals surface area contributed by atoms with Crippen LogP contribution in [-0.4, -0.2) is 12.5 Å². The van der Waals surface area contributed by atoms with Gasteiger partial charge in [-0.2, -0.15) is 0 Å². The molecule has 5 heteroatoms. The summed E-state index contributed by atoms with van der Waals surface area (Å²) in [4.78, 5) is 13.2. The standard InChI is InChI=1S/C31H28N2O3/c1-4-32-27-17-29-24(14-19(27)2)31(23-13-9-8-12-22(23)30(34)36-31)25-16-26(20(3)15-28(25)35-29)33-18-21-10-6-5-7-11-21/h5-17,32-33H,4,18H2,1-3H3. The van der Waals surface area contributed by atoms with Gasteiger partial charge in [-0.1, -0.05) is 48.5 Å². The number of benzene rings is 4. The van der Waals surface area contributed by atoms with Gasteiger partial charge in [-0.15, -0.1) is 0 Å². The van der Waals surface area contributed by atoms with Gasteiger partial charge in [0.05, 0.1) is 5.56 Å². The topological polar surface area (TPSA) is 59.6 Å². The zero-order valence-corrected chi connectivity index (χ0v) is 20.6. The van der Waals surface area contributed by atoms with Gasteiger partial charge in [0, 0.05) is 47.2 Å². The van der Waals surface area contributed by atoms with Gasteiger partial charge < -0.3 is 20.1 Å². The number of aryl methyl sites for hydroxylation is 2. The molecular weight excluding hydrogens is 448 g/mol. The van der Waals surface area contributed by atoms with E-state index in [1.54, 1.807) is 0 Å². The summed E-state index contributed by atoms with van der Waals surface area (Å²) in [5, 5.41) is 6.99. The normalized spacial score (nSPS) is 17.0. The van der Waals surface area contributed by atoms with E-state index in [4.69, 9.17) is 9.47 Å². The fraction of sp³-hybridized carbons (Fsp3) is 0.194. The molecule has 0 saturated carbocycles. The quantitative estimate of drug-likeness (QED) is 0.306. The van der Waals surface area contributed by atoms with Crippen molar-refractivity contribution in [1.82, 2.24) is 0 Å². The summed E-state index contributed by atoms with van der Waals surface area (Å²) in [7, 11) is 0. The lowest BCUT2D eigenvalue weighted by Crippen LogP contribution is -2.33. The molecule has 0 aliphatic carbocycles. The van der Waals surface area contributed by atoms with E-state index >= 15 is 0 Å². The van der Waals surface area contributed by atoms with E-state index in [1.807, 2.05) is 54.6 Å². The molecule has 2 heterocycles. The minimum atomic E-state index is -1.08. The third-order valence-corrected chi connectivity index (χ3v) is 7.10. The second kappa shape index (κ2) is 8.45. The third-order valence-electron chi connectivity index (χ3n) is 7.10. The molecule has 2 aliphatic heterocycles. The molecule has 1 atom stereocenters. The predicted octanol–water partition coefficient (Wildman–Crippen LogP) is 6.92. The summed E-state index contributed by atoms with van der Waals surface area (Å²) in [5.41, 5.74) is 7.31. The lowest BCUT2D eigenvalue weighted by Gasteiger charge is -2.37. The zero-order valence-electron chi connectivity index (χ0n) is 20.6.